The van der Waals surface area contributed by atoms with Crippen molar-refractivity contribution < 1.29 is 28.6 Å². The second-order valence-electron chi connectivity index (χ2n) is 10.9. The van der Waals surface area contributed by atoms with Gasteiger partial charge in [0.25, 0.3) is 0 Å². The second kappa shape index (κ2) is 16.2. The van der Waals surface area contributed by atoms with Crippen LogP contribution >= 0.6 is 31.9 Å². The molecule has 8 heteroatoms. The predicted molar refractivity (Wildman–Crippen MR) is 169 cm³/mol. The quantitative estimate of drug-likeness (QED) is 0.0848. The summed E-state index contributed by atoms with van der Waals surface area (Å²) in [4.78, 5) is 38.2. The minimum Gasteiger partial charge on any atom is -0.462 e. The molecule has 2 aliphatic rings. The number of carbonyl (C=O) groups is 3. The molecule has 1 saturated carbocycles. The summed E-state index contributed by atoms with van der Waals surface area (Å²) < 4.78 is 19.3. The molecular weight excluding hydrogens is 664 g/mol. The first-order chi connectivity index (χ1) is 20.3. The summed E-state index contributed by atoms with van der Waals surface area (Å²) in [5, 5.41) is 0. The monoisotopic (exact) mass is 700 g/mol. The minimum atomic E-state index is -0.809. The van der Waals surface area contributed by atoms with Crippen molar-refractivity contribution in [1.29, 1.82) is 0 Å². The molecule has 4 rings (SSSR count). The Kier molecular flexibility index (Phi) is 12.4. The maximum absolute atomic E-state index is 13.2. The van der Waals surface area contributed by atoms with Gasteiger partial charge in [-0.3, -0.25) is 4.79 Å². The van der Waals surface area contributed by atoms with Crippen molar-refractivity contribution in [1.82, 2.24) is 0 Å². The van der Waals surface area contributed by atoms with Crippen molar-refractivity contribution in [2.45, 2.75) is 83.0 Å². The van der Waals surface area contributed by atoms with Crippen LogP contribution < -0.4 is 0 Å². The van der Waals surface area contributed by atoms with Gasteiger partial charge in [-0.25, -0.2) is 9.59 Å². The Morgan fingerprint density at radius 3 is 2.21 bits per heavy atom. The molecule has 0 unspecified atom stereocenters. The molecule has 224 valence electrons. The van der Waals surface area contributed by atoms with E-state index in [1.807, 2.05) is 18.2 Å². The molecule has 0 aromatic heterocycles. The standard InChI is InChI=1S/C34H38Br2O6/c1-2-3-4-5-6-7-9-30(41-33(38)23-12-17-26(35)18-13-23)31(42-34(39)24-14-19-27(36)20-15-24)21-16-25-22-28(25)29-10-8-11-32(37)40-29/h6-7,12-21,25,28-31H,2-5,8-11,22H2,1H3/b7-6-,21-16+/t25-,28-,29+,30-,31+/m0/s1. The fourth-order valence-electron chi connectivity index (χ4n) is 5.09. The number of rotatable bonds is 14. The highest BCUT2D eigenvalue weighted by molar-refractivity contribution is 9.10. The fourth-order valence-corrected chi connectivity index (χ4v) is 5.62. The van der Waals surface area contributed by atoms with Crippen molar-refractivity contribution in [3.8, 4) is 0 Å². The number of unbranched alkanes of at least 4 members (excludes halogenated alkanes) is 3. The maximum atomic E-state index is 13.2. The van der Waals surface area contributed by atoms with Gasteiger partial charge in [-0.05, 0) is 92.6 Å². The molecule has 1 aliphatic heterocycles. The van der Waals surface area contributed by atoms with E-state index < -0.39 is 24.1 Å². The lowest BCUT2D eigenvalue weighted by Crippen LogP contribution is -2.34. The van der Waals surface area contributed by atoms with Crippen LogP contribution in [0, 0.1) is 11.8 Å². The Morgan fingerprint density at radius 2 is 1.60 bits per heavy atom. The van der Waals surface area contributed by atoms with Gasteiger partial charge in [-0.15, -0.1) is 0 Å². The van der Waals surface area contributed by atoms with Crippen LogP contribution in [-0.2, 0) is 19.0 Å². The lowest BCUT2D eigenvalue weighted by Gasteiger charge is -2.25. The Morgan fingerprint density at radius 1 is 0.952 bits per heavy atom. The molecule has 2 aromatic rings. The highest BCUT2D eigenvalue weighted by Crippen LogP contribution is 2.46. The molecule has 6 nitrogen and oxygen atoms in total. The highest BCUT2D eigenvalue weighted by atomic mass is 79.9. The van der Waals surface area contributed by atoms with Crippen LogP contribution in [0.5, 0.6) is 0 Å². The van der Waals surface area contributed by atoms with Crippen LogP contribution in [0.2, 0.25) is 0 Å². The van der Waals surface area contributed by atoms with Crippen LogP contribution in [0.1, 0.15) is 85.4 Å². The van der Waals surface area contributed by atoms with Crippen molar-refractivity contribution in [3.05, 3.63) is 92.9 Å². The molecule has 1 saturated heterocycles. The first kappa shape index (κ1) is 32.2. The average molecular weight is 702 g/mol. The molecule has 2 fully saturated rings. The molecule has 0 amide bonds. The van der Waals surface area contributed by atoms with Gasteiger partial charge in [0.1, 0.15) is 12.2 Å². The lowest BCUT2D eigenvalue weighted by atomic mass is 10.0. The Balaban J connectivity index is 1.54. The zero-order chi connectivity index (χ0) is 29.9. The third-order valence-corrected chi connectivity index (χ3v) is 8.66. The highest BCUT2D eigenvalue weighted by Gasteiger charge is 2.44. The van der Waals surface area contributed by atoms with E-state index in [1.54, 1.807) is 48.5 Å². The molecule has 1 heterocycles. The van der Waals surface area contributed by atoms with Crippen molar-refractivity contribution in [2.75, 3.05) is 0 Å². The van der Waals surface area contributed by atoms with E-state index in [2.05, 4.69) is 44.9 Å². The third-order valence-electron chi connectivity index (χ3n) is 7.61. The third kappa shape index (κ3) is 9.94. The van der Waals surface area contributed by atoms with Crippen LogP contribution in [-0.4, -0.2) is 36.2 Å². The van der Waals surface area contributed by atoms with Gasteiger partial charge in [0.15, 0.2) is 6.10 Å². The lowest BCUT2D eigenvalue weighted by molar-refractivity contribution is -0.155. The van der Waals surface area contributed by atoms with E-state index in [4.69, 9.17) is 14.2 Å². The van der Waals surface area contributed by atoms with E-state index in [9.17, 15) is 14.4 Å². The van der Waals surface area contributed by atoms with Gasteiger partial charge in [-0.1, -0.05) is 69.9 Å². The molecule has 0 N–H and O–H groups in total. The number of esters is 3. The normalized spacial score (nSPS) is 21.6. The Labute approximate surface area is 265 Å². The zero-order valence-electron chi connectivity index (χ0n) is 23.9. The summed E-state index contributed by atoms with van der Waals surface area (Å²) in [6, 6.07) is 13.9. The summed E-state index contributed by atoms with van der Waals surface area (Å²) in [7, 11) is 0. The van der Waals surface area contributed by atoms with Crippen molar-refractivity contribution in [3.63, 3.8) is 0 Å². The molecular formula is C34H38Br2O6. The maximum Gasteiger partial charge on any atom is 0.338 e. The van der Waals surface area contributed by atoms with Gasteiger partial charge in [-0.2, -0.15) is 0 Å². The molecule has 1 aliphatic carbocycles. The van der Waals surface area contributed by atoms with E-state index in [-0.39, 0.29) is 23.9 Å². The van der Waals surface area contributed by atoms with E-state index >= 15 is 0 Å². The summed E-state index contributed by atoms with van der Waals surface area (Å²) in [5.74, 6) is -0.642. The van der Waals surface area contributed by atoms with Crippen LogP contribution in [0.3, 0.4) is 0 Å². The van der Waals surface area contributed by atoms with E-state index in [1.165, 1.54) is 0 Å². The number of benzene rings is 2. The van der Waals surface area contributed by atoms with Crippen molar-refractivity contribution in [2.24, 2.45) is 11.8 Å². The van der Waals surface area contributed by atoms with Crippen LogP contribution in [0.4, 0.5) is 0 Å². The Bertz CT molecular complexity index is 1250. The summed E-state index contributed by atoms with van der Waals surface area (Å²) in [6.07, 6.45) is 14.2. The van der Waals surface area contributed by atoms with Crippen LogP contribution in [0.25, 0.3) is 0 Å². The number of carbonyl (C=O) groups excluding carboxylic acids is 3. The number of halogens is 2. The number of hydrogen-bond acceptors (Lipinski definition) is 6. The molecule has 5 atom stereocenters. The first-order valence-electron chi connectivity index (χ1n) is 14.8. The van der Waals surface area contributed by atoms with Gasteiger partial charge in [0, 0.05) is 27.7 Å². The van der Waals surface area contributed by atoms with Gasteiger partial charge in [0.05, 0.1) is 11.1 Å². The number of cyclic esters (lactones) is 1. The first-order valence-corrected chi connectivity index (χ1v) is 16.4. The van der Waals surface area contributed by atoms with E-state index in [0.717, 1.165) is 53.9 Å². The second-order valence-corrected chi connectivity index (χ2v) is 12.7. The zero-order valence-corrected chi connectivity index (χ0v) is 27.1. The summed E-state index contributed by atoms with van der Waals surface area (Å²) in [5.41, 5.74) is 0.821. The van der Waals surface area contributed by atoms with Gasteiger partial charge in [0.2, 0.25) is 0 Å². The van der Waals surface area contributed by atoms with Crippen LogP contribution in [0.15, 0.2) is 81.8 Å². The van der Waals surface area contributed by atoms with Gasteiger partial charge < -0.3 is 14.2 Å². The summed E-state index contributed by atoms with van der Waals surface area (Å²) >= 11 is 6.80. The smallest absolute Gasteiger partial charge is 0.338 e. The molecule has 0 radical (unpaired) electrons. The topological polar surface area (TPSA) is 78.9 Å². The number of ether oxygens (including phenoxy) is 3. The van der Waals surface area contributed by atoms with Gasteiger partial charge >= 0.3 is 17.9 Å². The average Bonchev–Trinajstić information content (AvgIpc) is 3.77. The largest absolute Gasteiger partial charge is 0.462 e. The van der Waals surface area contributed by atoms with Crippen molar-refractivity contribution >= 4 is 49.8 Å². The fraction of sp³-hybridized carbons (Fsp3) is 0.441. The predicted octanol–water partition coefficient (Wildman–Crippen LogP) is 8.78. The molecule has 0 bridgehead atoms. The Hall–Kier alpha value is -2.71. The minimum absolute atomic E-state index is 0.0678. The molecule has 2 aromatic carbocycles. The molecule has 0 spiro atoms. The number of allylic oxidation sites excluding steroid dienone is 2. The summed E-state index contributed by atoms with van der Waals surface area (Å²) in [6.45, 7) is 2.17. The SMILES string of the molecule is CCCCC/C=C\C[C@H](OC(=O)c1ccc(Br)cc1)[C@@H](/C=C/[C@H]1C[C@@H]1[C@H]1CCCC(=O)O1)OC(=O)c1ccc(Br)cc1. The van der Waals surface area contributed by atoms with E-state index in [0.29, 0.717) is 24.0 Å². The molecule has 42 heavy (non-hydrogen) atoms. The number of hydrogen-bond donors (Lipinski definition) is 0.